The van der Waals surface area contributed by atoms with Crippen molar-refractivity contribution in [2.24, 2.45) is 5.73 Å². The molecule has 4 heteroatoms. The van der Waals surface area contributed by atoms with Gasteiger partial charge in [0.2, 0.25) is 0 Å². The smallest absolute Gasteiger partial charge is 0.0591 e. The second kappa shape index (κ2) is 5.78. The maximum absolute atomic E-state index is 6.13. The summed E-state index contributed by atoms with van der Waals surface area (Å²) in [6.45, 7) is 3.03. The Bertz CT molecular complexity index is 420. The van der Waals surface area contributed by atoms with Gasteiger partial charge in [0, 0.05) is 17.5 Å². The molecule has 2 aromatic rings. The van der Waals surface area contributed by atoms with Gasteiger partial charge in [-0.15, -0.1) is 11.3 Å². The van der Waals surface area contributed by atoms with Crippen LogP contribution in [0, 0.1) is 0 Å². The predicted octanol–water partition coefficient (Wildman–Crippen LogP) is 3.33. The highest BCUT2D eigenvalue weighted by Crippen LogP contribution is 2.27. The van der Waals surface area contributed by atoms with Gasteiger partial charge >= 0.3 is 0 Å². The zero-order valence-electron chi connectivity index (χ0n) is 10.2. The predicted molar refractivity (Wildman–Crippen MR) is 76.5 cm³/mol. The van der Waals surface area contributed by atoms with E-state index in [0.717, 1.165) is 6.54 Å². The van der Waals surface area contributed by atoms with Crippen molar-refractivity contribution in [2.75, 3.05) is 7.05 Å². The highest BCUT2D eigenvalue weighted by atomic mass is 32.1. The summed E-state index contributed by atoms with van der Waals surface area (Å²) < 4.78 is 0. The summed E-state index contributed by atoms with van der Waals surface area (Å²) in [4.78, 5) is 3.68. The van der Waals surface area contributed by atoms with Crippen molar-refractivity contribution in [2.45, 2.75) is 25.6 Å². The van der Waals surface area contributed by atoms with E-state index in [2.05, 4.69) is 53.2 Å². The molecular weight excluding hydrogens is 248 g/mol. The fourth-order valence-corrected chi connectivity index (χ4v) is 3.77. The summed E-state index contributed by atoms with van der Waals surface area (Å²) in [5, 5.41) is 6.43. The number of rotatable bonds is 5. The van der Waals surface area contributed by atoms with Crippen LogP contribution < -0.4 is 5.73 Å². The van der Waals surface area contributed by atoms with Crippen LogP contribution in [0.4, 0.5) is 0 Å². The van der Waals surface area contributed by atoms with E-state index < -0.39 is 0 Å². The molecule has 0 aliphatic heterocycles. The van der Waals surface area contributed by atoms with Crippen molar-refractivity contribution in [3.63, 3.8) is 0 Å². The summed E-state index contributed by atoms with van der Waals surface area (Å²) in [6.07, 6.45) is 0. The fourth-order valence-electron chi connectivity index (χ4n) is 2.11. The third kappa shape index (κ3) is 3.16. The second-order valence-electron chi connectivity index (χ2n) is 4.37. The number of likely N-dealkylation sites (N-methyl/N-ethyl adjacent to an activating group) is 1. The molecule has 2 atom stereocenters. The third-order valence-corrected chi connectivity index (χ3v) is 4.49. The lowest BCUT2D eigenvalue weighted by molar-refractivity contribution is 0.214. The molecule has 2 rings (SSSR count). The summed E-state index contributed by atoms with van der Waals surface area (Å²) in [6, 6.07) is 6.87. The average molecular weight is 266 g/mol. The van der Waals surface area contributed by atoms with Gasteiger partial charge in [-0.05, 0) is 47.8 Å². The molecule has 2 aromatic heterocycles. The molecule has 0 aliphatic rings. The standard InChI is InChI=1S/C13H18N2S2/c1-10(14)13(12-4-3-6-17-12)15(2)8-11-5-7-16-9-11/h3-7,9-10,13H,8,14H2,1-2H3. The van der Waals surface area contributed by atoms with Crippen LogP contribution in [-0.4, -0.2) is 18.0 Å². The quantitative estimate of drug-likeness (QED) is 0.899. The van der Waals surface area contributed by atoms with Crippen molar-refractivity contribution in [1.82, 2.24) is 4.90 Å². The average Bonchev–Trinajstić information content (AvgIpc) is 2.89. The monoisotopic (exact) mass is 266 g/mol. The largest absolute Gasteiger partial charge is 0.326 e. The zero-order valence-corrected chi connectivity index (χ0v) is 11.8. The van der Waals surface area contributed by atoms with E-state index in [1.807, 2.05) is 0 Å². The van der Waals surface area contributed by atoms with Crippen molar-refractivity contribution < 1.29 is 0 Å². The lowest BCUT2D eigenvalue weighted by atomic mass is 10.1. The first-order valence-corrected chi connectivity index (χ1v) is 7.51. The summed E-state index contributed by atoms with van der Waals surface area (Å²) in [5.41, 5.74) is 7.49. The van der Waals surface area contributed by atoms with Gasteiger partial charge in [-0.3, -0.25) is 4.90 Å². The van der Waals surface area contributed by atoms with E-state index in [0.29, 0.717) is 6.04 Å². The number of nitrogens with zero attached hydrogens (tertiary/aromatic N) is 1. The van der Waals surface area contributed by atoms with E-state index in [1.54, 1.807) is 22.7 Å². The minimum Gasteiger partial charge on any atom is -0.326 e. The van der Waals surface area contributed by atoms with E-state index in [1.165, 1.54) is 10.4 Å². The Balaban J connectivity index is 2.11. The first-order chi connectivity index (χ1) is 8.18. The Kier molecular flexibility index (Phi) is 4.34. The Labute approximate surface area is 111 Å². The fraction of sp³-hybridized carbons (Fsp3) is 0.385. The first kappa shape index (κ1) is 12.8. The molecule has 0 radical (unpaired) electrons. The molecule has 2 heterocycles. The molecule has 17 heavy (non-hydrogen) atoms. The third-order valence-electron chi connectivity index (χ3n) is 2.82. The van der Waals surface area contributed by atoms with Gasteiger partial charge in [0.1, 0.15) is 0 Å². The Morgan fingerprint density at radius 2 is 2.18 bits per heavy atom. The molecule has 0 fully saturated rings. The van der Waals surface area contributed by atoms with Gasteiger partial charge in [-0.25, -0.2) is 0 Å². The van der Waals surface area contributed by atoms with Gasteiger partial charge in [0.25, 0.3) is 0 Å². The van der Waals surface area contributed by atoms with Crippen LogP contribution in [0.15, 0.2) is 34.3 Å². The van der Waals surface area contributed by atoms with Crippen LogP contribution in [-0.2, 0) is 6.54 Å². The van der Waals surface area contributed by atoms with Crippen LogP contribution in [0.3, 0.4) is 0 Å². The summed E-state index contributed by atoms with van der Waals surface area (Å²) in [7, 11) is 2.14. The van der Waals surface area contributed by atoms with E-state index in [4.69, 9.17) is 5.73 Å². The molecule has 0 saturated carbocycles. The molecule has 2 unspecified atom stereocenters. The minimum absolute atomic E-state index is 0.136. The molecule has 0 aromatic carbocycles. The number of thiophene rings is 2. The maximum atomic E-state index is 6.13. The summed E-state index contributed by atoms with van der Waals surface area (Å²) in [5.74, 6) is 0. The molecule has 0 spiro atoms. The SMILES string of the molecule is CC(N)C(c1cccs1)N(C)Cc1ccsc1. The number of hydrogen-bond donors (Lipinski definition) is 1. The van der Waals surface area contributed by atoms with E-state index in [9.17, 15) is 0 Å². The second-order valence-corrected chi connectivity index (χ2v) is 6.13. The molecule has 0 bridgehead atoms. The number of nitrogens with two attached hydrogens (primary N) is 1. The van der Waals surface area contributed by atoms with Gasteiger partial charge < -0.3 is 5.73 Å². The lowest BCUT2D eigenvalue weighted by Gasteiger charge is -2.30. The Morgan fingerprint density at radius 1 is 1.35 bits per heavy atom. The highest BCUT2D eigenvalue weighted by Gasteiger charge is 2.22. The van der Waals surface area contributed by atoms with Crippen molar-refractivity contribution in [3.8, 4) is 0 Å². The molecule has 0 aliphatic carbocycles. The van der Waals surface area contributed by atoms with Gasteiger partial charge in [-0.2, -0.15) is 11.3 Å². The highest BCUT2D eigenvalue weighted by molar-refractivity contribution is 7.10. The molecule has 92 valence electrons. The summed E-state index contributed by atoms with van der Waals surface area (Å²) >= 11 is 3.53. The van der Waals surface area contributed by atoms with Crippen LogP contribution in [0.2, 0.25) is 0 Å². The Morgan fingerprint density at radius 3 is 2.71 bits per heavy atom. The van der Waals surface area contributed by atoms with Crippen molar-refractivity contribution >= 4 is 22.7 Å². The number of hydrogen-bond acceptors (Lipinski definition) is 4. The molecule has 2 N–H and O–H groups in total. The molecule has 0 amide bonds. The topological polar surface area (TPSA) is 29.3 Å². The zero-order chi connectivity index (χ0) is 12.3. The lowest BCUT2D eigenvalue weighted by Crippen LogP contribution is -2.36. The van der Waals surface area contributed by atoms with E-state index in [-0.39, 0.29) is 6.04 Å². The van der Waals surface area contributed by atoms with E-state index >= 15 is 0 Å². The van der Waals surface area contributed by atoms with Gasteiger partial charge in [-0.1, -0.05) is 6.07 Å². The van der Waals surface area contributed by atoms with Gasteiger partial charge in [0.05, 0.1) is 6.04 Å². The first-order valence-electron chi connectivity index (χ1n) is 5.69. The van der Waals surface area contributed by atoms with Crippen molar-refractivity contribution in [1.29, 1.82) is 0 Å². The molecular formula is C13H18N2S2. The van der Waals surface area contributed by atoms with Crippen LogP contribution >= 0.6 is 22.7 Å². The van der Waals surface area contributed by atoms with Gasteiger partial charge in [0.15, 0.2) is 0 Å². The van der Waals surface area contributed by atoms with Crippen LogP contribution in [0.1, 0.15) is 23.4 Å². The maximum Gasteiger partial charge on any atom is 0.0591 e. The van der Waals surface area contributed by atoms with Crippen LogP contribution in [0.5, 0.6) is 0 Å². The normalized spacial score (nSPS) is 15.1. The van der Waals surface area contributed by atoms with Crippen LogP contribution in [0.25, 0.3) is 0 Å². The minimum atomic E-state index is 0.136. The Hall–Kier alpha value is -0.680. The molecule has 2 nitrogen and oxygen atoms in total. The molecule has 0 saturated heterocycles. The van der Waals surface area contributed by atoms with Crippen molar-refractivity contribution in [3.05, 3.63) is 44.8 Å².